The summed E-state index contributed by atoms with van der Waals surface area (Å²) in [5, 5.41) is 2.85. The van der Waals surface area contributed by atoms with Crippen molar-refractivity contribution >= 4 is 11.6 Å². The molecule has 4 heteroatoms. The minimum Gasteiger partial charge on any atom is -0.376 e. The van der Waals surface area contributed by atoms with Crippen molar-refractivity contribution in [1.82, 2.24) is 0 Å². The monoisotopic (exact) mass is 235 g/mol. The minimum atomic E-state index is 0.0189. The van der Waals surface area contributed by atoms with Gasteiger partial charge in [-0.15, -0.1) is 0 Å². The molecule has 2 rings (SSSR count). The molecular weight excluding hydrogens is 218 g/mol. The lowest BCUT2D eigenvalue weighted by molar-refractivity contribution is -0.119. The van der Waals surface area contributed by atoms with Crippen molar-refractivity contribution in [3.05, 3.63) is 30.3 Å². The Balaban J connectivity index is 1.70. The van der Waals surface area contributed by atoms with Gasteiger partial charge in [-0.05, 0) is 18.6 Å². The second-order valence-electron chi connectivity index (χ2n) is 4.02. The summed E-state index contributed by atoms with van der Waals surface area (Å²) in [7, 11) is 0. The van der Waals surface area contributed by atoms with E-state index >= 15 is 0 Å². The molecule has 0 aliphatic carbocycles. The van der Waals surface area contributed by atoms with Crippen LogP contribution in [0, 0.1) is 0 Å². The molecule has 1 aliphatic rings. The number of ether oxygens (including phenoxy) is 2. The lowest BCUT2D eigenvalue weighted by atomic mass is 10.2. The topological polar surface area (TPSA) is 47.6 Å². The molecule has 1 atom stereocenters. The van der Waals surface area contributed by atoms with Crippen molar-refractivity contribution in [2.45, 2.75) is 18.9 Å². The van der Waals surface area contributed by atoms with Gasteiger partial charge < -0.3 is 14.8 Å². The highest BCUT2D eigenvalue weighted by Gasteiger charge is 2.15. The molecule has 0 aromatic heterocycles. The normalized spacial score (nSPS) is 19.9. The first-order chi connectivity index (χ1) is 8.34. The molecule has 1 N–H and O–H groups in total. The van der Waals surface area contributed by atoms with Crippen LogP contribution in [0.1, 0.15) is 12.8 Å². The van der Waals surface area contributed by atoms with Crippen molar-refractivity contribution in [2.24, 2.45) is 0 Å². The molecule has 1 fully saturated rings. The summed E-state index contributed by atoms with van der Waals surface area (Å²) >= 11 is 0. The number of carbonyl (C=O) groups excluding carboxylic acids is 1. The third kappa shape index (κ3) is 4.17. The number of anilines is 1. The first-order valence-corrected chi connectivity index (χ1v) is 5.89. The largest absolute Gasteiger partial charge is 0.376 e. The Labute approximate surface area is 101 Å². The average Bonchev–Trinajstić information content (AvgIpc) is 2.39. The van der Waals surface area contributed by atoms with Crippen LogP contribution in [-0.2, 0) is 14.3 Å². The maximum atomic E-state index is 11.6. The summed E-state index contributed by atoms with van der Waals surface area (Å²) in [6.45, 7) is 1.89. The van der Waals surface area contributed by atoms with Gasteiger partial charge in [0, 0.05) is 12.1 Å². The molecule has 1 aliphatic heterocycles. The summed E-state index contributed by atoms with van der Waals surface area (Å²) in [5.74, 6) is 0.0189. The van der Waals surface area contributed by atoms with E-state index in [1.165, 1.54) is 0 Å². The predicted octanol–water partition coefficient (Wildman–Crippen LogP) is 1.82. The molecule has 0 radical (unpaired) electrons. The fraction of sp³-hybridized carbons (Fsp3) is 0.462. The average molecular weight is 235 g/mol. The summed E-state index contributed by atoms with van der Waals surface area (Å²) in [6.07, 6.45) is 1.23. The van der Waals surface area contributed by atoms with Gasteiger partial charge in [0.25, 0.3) is 0 Å². The van der Waals surface area contributed by atoms with Crippen molar-refractivity contribution < 1.29 is 14.3 Å². The fourth-order valence-electron chi connectivity index (χ4n) is 1.74. The predicted molar refractivity (Wildman–Crippen MR) is 64.9 cm³/mol. The van der Waals surface area contributed by atoms with Crippen molar-refractivity contribution in [3.8, 4) is 0 Å². The number of amides is 1. The molecule has 1 saturated heterocycles. The van der Waals surface area contributed by atoms with Crippen LogP contribution in [0.25, 0.3) is 0 Å². The van der Waals surface area contributed by atoms with E-state index in [9.17, 15) is 4.79 Å². The first-order valence-electron chi connectivity index (χ1n) is 5.89. The highest BCUT2D eigenvalue weighted by molar-refractivity contribution is 5.90. The Morgan fingerprint density at radius 2 is 2.12 bits per heavy atom. The lowest BCUT2D eigenvalue weighted by Gasteiger charge is -2.22. The van der Waals surface area contributed by atoms with E-state index in [-0.39, 0.29) is 12.0 Å². The minimum absolute atomic E-state index is 0.0189. The zero-order valence-corrected chi connectivity index (χ0v) is 9.72. The number of para-hydroxylation sites is 1. The molecule has 1 aromatic rings. The van der Waals surface area contributed by atoms with E-state index in [0.717, 1.165) is 5.69 Å². The standard InChI is InChI=1S/C13H17NO3/c15-13(14-11-4-2-1-3-5-11)7-6-12-10-16-8-9-17-12/h1-5,12H,6-10H2,(H,14,15). The molecule has 1 unspecified atom stereocenters. The zero-order valence-electron chi connectivity index (χ0n) is 9.72. The molecule has 1 heterocycles. The molecule has 4 nitrogen and oxygen atoms in total. The maximum absolute atomic E-state index is 11.6. The third-order valence-electron chi connectivity index (χ3n) is 2.64. The molecule has 0 spiro atoms. The number of hydrogen-bond acceptors (Lipinski definition) is 3. The van der Waals surface area contributed by atoms with E-state index < -0.39 is 0 Å². The van der Waals surface area contributed by atoms with Crippen molar-refractivity contribution in [1.29, 1.82) is 0 Å². The van der Waals surface area contributed by atoms with Crippen LogP contribution < -0.4 is 5.32 Å². The fourth-order valence-corrected chi connectivity index (χ4v) is 1.74. The van der Waals surface area contributed by atoms with Crippen LogP contribution in [0.5, 0.6) is 0 Å². The molecule has 1 amide bonds. The van der Waals surface area contributed by atoms with Crippen molar-refractivity contribution in [3.63, 3.8) is 0 Å². The van der Waals surface area contributed by atoms with E-state index in [1.54, 1.807) is 0 Å². The Bertz CT molecular complexity index is 347. The number of rotatable bonds is 4. The number of carbonyl (C=O) groups is 1. The van der Waals surface area contributed by atoms with E-state index in [1.807, 2.05) is 30.3 Å². The maximum Gasteiger partial charge on any atom is 0.224 e. The van der Waals surface area contributed by atoms with Crippen LogP contribution in [-0.4, -0.2) is 31.8 Å². The molecule has 0 saturated carbocycles. The highest BCUT2D eigenvalue weighted by atomic mass is 16.6. The van der Waals surface area contributed by atoms with Crippen molar-refractivity contribution in [2.75, 3.05) is 25.1 Å². The summed E-state index contributed by atoms with van der Waals surface area (Å²) in [4.78, 5) is 11.6. The Hall–Kier alpha value is -1.39. The van der Waals surface area contributed by atoms with Crippen LogP contribution in [0.15, 0.2) is 30.3 Å². The number of benzene rings is 1. The smallest absolute Gasteiger partial charge is 0.224 e. The lowest BCUT2D eigenvalue weighted by Crippen LogP contribution is -2.29. The molecule has 17 heavy (non-hydrogen) atoms. The van der Waals surface area contributed by atoms with Gasteiger partial charge in [-0.25, -0.2) is 0 Å². The van der Waals surface area contributed by atoms with E-state index in [0.29, 0.717) is 32.7 Å². The summed E-state index contributed by atoms with van der Waals surface area (Å²) < 4.78 is 10.7. The molecular formula is C13H17NO3. The van der Waals surface area contributed by atoms with Gasteiger partial charge in [0.05, 0.1) is 25.9 Å². The Morgan fingerprint density at radius 3 is 2.82 bits per heavy atom. The Morgan fingerprint density at radius 1 is 1.29 bits per heavy atom. The zero-order chi connectivity index (χ0) is 11.9. The van der Waals surface area contributed by atoms with Gasteiger partial charge in [-0.3, -0.25) is 4.79 Å². The van der Waals surface area contributed by atoms with Gasteiger partial charge >= 0.3 is 0 Å². The van der Waals surface area contributed by atoms with Gasteiger partial charge in [0.2, 0.25) is 5.91 Å². The van der Waals surface area contributed by atoms with Crippen LogP contribution in [0.3, 0.4) is 0 Å². The van der Waals surface area contributed by atoms with E-state index in [2.05, 4.69) is 5.32 Å². The number of nitrogens with one attached hydrogen (secondary N) is 1. The summed E-state index contributed by atoms with van der Waals surface area (Å²) in [5.41, 5.74) is 0.832. The van der Waals surface area contributed by atoms with Crippen LogP contribution >= 0.6 is 0 Å². The quantitative estimate of drug-likeness (QED) is 0.866. The Kier molecular flexibility index (Phi) is 4.53. The third-order valence-corrected chi connectivity index (χ3v) is 2.64. The molecule has 1 aromatic carbocycles. The second-order valence-corrected chi connectivity index (χ2v) is 4.02. The first kappa shape index (κ1) is 12.1. The highest BCUT2D eigenvalue weighted by Crippen LogP contribution is 2.10. The van der Waals surface area contributed by atoms with Gasteiger partial charge in [-0.2, -0.15) is 0 Å². The SMILES string of the molecule is O=C(CCC1COCCO1)Nc1ccccc1. The van der Waals surface area contributed by atoms with Gasteiger partial charge in [0.15, 0.2) is 0 Å². The number of hydrogen-bond donors (Lipinski definition) is 1. The van der Waals surface area contributed by atoms with Crippen LogP contribution in [0.4, 0.5) is 5.69 Å². The van der Waals surface area contributed by atoms with Gasteiger partial charge in [0.1, 0.15) is 0 Å². The van der Waals surface area contributed by atoms with Gasteiger partial charge in [-0.1, -0.05) is 18.2 Å². The summed E-state index contributed by atoms with van der Waals surface area (Å²) in [6, 6.07) is 9.46. The molecule has 0 bridgehead atoms. The van der Waals surface area contributed by atoms with Crippen LogP contribution in [0.2, 0.25) is 0 Å². The van der Waals surface area contributed by atoms with E-state index in [4.69, 9.17) is 9.47 Å². The second kappa shape index (κ2) is 6.37. The molecule has 92 valence electrons.